The molecule has 0 aliphatic rings. The summed E-state index contributed by atoms with van der Waals surface area (Å²) < 4.78 is 64.6. The number of carbonyl (C=O) groups excluding carboxylic acids is 1. The van der Waals surface area contributed by atoms with Gasteiger partial charge in [0, 0.05) is 27.9 Å². The molecule has 3 rings (SSSR count). The fourth-order valence-electron chi connectivity index (χ4n) is 2.57. The van der Waals surface area contributed by atoms with Gasteiger partial charge < -0.3 is 5.32 Å². The third-order valence-corrected chi connectivity index (χ3v) is 5.42. The molecule has 6 nitrogen and oxygen atoms in total. The minimum atomic E-state index is -4.59. The smallest absolute Gasteiger partial charge is 0.321 e. The van der Waals surface area contributed by atoms with Crippen LogP contribution in [0.1, 0.15) is 15.2 Å². The monoisotopic (exact) mass is 475 g/mol. The van der Waals surface area contributed by atoms with Crippen molar-refractivity contribution in [2.75, 3.05) is 16.3 Å². The van der Waals surface area contributed by atoms with Crippen LogP contribution in [0.25, 0.3) is 11.3 Å². The van der Waals surface area contributed by atoms with E-state index in [-0.39, 0.29) is 32.5 Å². The first kappa shape index (κ1) is 22.1. The number of hydrogen-bond acceptors (Lipinski definition) is 5. The SMILES string of the molecule is CS(=O)(=O)Nc1cc(Cl)cc(NC(=O)c2cc(-c3ncccc3C(F)(F)F)cs2)c1. The molecule has 2 N–H and O–H groups in total. The van der Waals surface area contributed by atoms with E-state index in [9.17, 15) is 26.4 Å². The fourth-order valence-corrected chi connectivity index (χ4v) is 4.14. The molecule has 12 heteroatoms. The first-order valence-corrected chi connectivity index (χ1v) is 11.3. The van der Waals surface area contributed by atoms with Gasteiger partial charge >= 0.3 is 6.18 Å². The number of halogens is 4. The maximum atomic E-state index is 13.2. The minimum Gasteiger partial charge on any atom is -0.321 e. The number of amides is 1. The molecule has 1 aromatic carbocycles. The molecule has 2 aromatic heterocycles. The highest BCUT2D eigenvalue weighted by Gasteiger charge is 2.34. The van der Waals surface area contributed by atoms with E-state index < -0.39 is 27.7 Å². The number of sulfonamides is 1. The fraction of sp³-hybridized carbons (Fsp3) is 0.111. The molecule has 158 valence electrons. The summed E-state index contributed by atoms with van der Waals surface area (Å²) >= 11 is 6.90. The van der Waals surface area contributed by atoms with E-state index in [1.54, 1.807) is 0 Å². The summed E-state index contributed by atoms with van der Waals surface area (Å²) in [5.41, 5.74) is -0.662. The second kappa shape index (κ2) is 8.25. The maximum Gasteiger partial charge on any atom is 0.418 e. The molecular weight excluding hydrogens is 463 g/mol. The topological polar surface area (TPSA) is 88.2 Å². The Morgan fingerprint density at radius 1 is 1.17 bits per heavy atom. The molecule has 0 spiro atoms. The van der Waals surface area contributed by atoms with Gasteiger partial charge in [-0.1, -0.05) is 11.6 Å². The van der Waals surface area contributed by atoms with Crippen molar-refractivity contribution < 1.29 is 26.4 Å². The molecule has 3 aromatic rings. The predicted octanol–water partition coefficient (Wildman–Crippen LogP) is 5.11. The van der Waals surface area contributed by atoms with Crippen molar-refractivity contribution in [1.29, 1.82) is 0 Å². The van der Waals surface area contributed by atoms with E-state index >= 15 is 0 Å². The van der Waals surface area contributed by atoms with Gasteiger partial charge in [0.15, 0.2) is 0 Å². The molecule has 0 saturated carbocycles. The van der Waals surface area contributed by atoms with Gasteiger partial charge in [0.05, 0.1) is 28.1 Å². The number of carbonyl (C=O) groups is 1. The Morgan fingerprint density at radius 2 is 1.87 bits per heavy atom. The largest absolute Gasteiger partial charge is 0.418 e. The van der Waals surface area contributed by atoms with Gasteiger partial charge in [-0.2, -0.15) is 13.2 Å². The van der Waals surface area contributed by atoms with Crippen LogP contribution in [-0.2, 0) is 16.2 Å². The van der Waals surface area contributed by atoms with Crippen LogP contribution in [0.4, 0.5) is 24.5 Å². The Balaban J connectivity index is 1.85. The van der Waals surface area contributed by atoms with Crippen molar-refractivity contribution in [3.8, 4) is 11.3 Å². The highest BCUT2D eigenvalue weighted by Crippen LogP contribution is 2.37. The number of thiophene rings is 1. The molecule has 0 fully saturated rings. The lowest BCUT2D eigenvalue weighted by molar-refractivity contribution is -0.137. The number of pyridine rings is 1. The summed E-state index contributed by atoms with van der Waals surface area (Å²) in [6, 6.07) is 7.54. The number of hydrogen-bond donors (Lipinski definition) is 2. The van der Waals surface area contributed by atoms with Gasteiger partial charge in [-0.05, 0) is 36.4 Å². The molecule has 1 amide bonds. The first-order chi connectivity index (χ1) is 13.9. The van der Waals surface area contributed by atoms with E-state index in [0.717, 1.165) is 23.7 Å². The third-order valence-electron chi connectivity index (χ3n) is 3.67. The van der Waals surface area contributed by atoms with Gasteiger partial charge in [-0.25, -0.2) is 8.42 Å². The van der Waals surface area contributed by atoms with E-state index in [1.165, 1.54) is 41.9 Å². The van der Waals surface area contributed by atoms with Gasteiger partial charge in [0.1, 0.15) is 0 Å². The highest BCUT2D eigenvalue weighted by atomic mass is 35.5. The normalized spacial score (nSPS) is 11.9. The lowest BCUT2D eigenvalue weighted by Gasteiger charge is -2.10. The highest BCUT2D eigenvalue weighted by molar-refractivity contribution is 7.92. The van der Waals surface area contributed by atoms with Crippen LogP contribution in [-0.4, -0.2) is 25.6 Å². The summed E-state index contributed by atoms with van der Waals surface area (Å²) in [5, 5.41) is 4.12. The van der Waals surface area contributed by atoms with Crippen LogP contribution in [0.5, 0.6) is 0 Å². The standard InChI is InChI=1S/C18H13ClF3N3O3S2/c1-30(27,28)25-13-7-11(19)6-12(8-13)24-17(26)15-5-10(9-29-15)16-14(18(20,21)22)3-2-4-23-16/h2-9,25H,1H3,(H,24,26). The molecule has 0 aliphatic heterocycles. The van der Waals surface area contributed by atoms with Crippen molar-refractivity contribution in [2.45, 2.75) is 6.18 Å². The Kier molecular flexibility index (Phi) is 6.06. The van der Waals surface area contributed by atoms with Crippen LogP contribution >= 0.6 is 22.9 Å². The number of alkyl halides is 3. The summed E-state index contributed by atoms with van der Waals surface area (Å²) in [6.07, 6.45) is -2.38. The zero-order valence-corrected chi connectivity index (χ0v) is 17.5. The predicted molar refractivity (Wildman–Crippen MR) is 110 cm³/mol. The van der Waals surface area contributed by atoms with E-state index in [0.29, 0.717) is 0 Å². The van der Waals surface area contributed by atoms with Crippen molar-refractivity contribution in [1.82, 2.24) is 4.98 Å². The average molecular weight is 476 g/mol. The Hall–Kier alpha value is -2.63. The van der Waals surface area contributed by atoms with Crippen LogP contribution < -0.4 is 10.0 Å². The van der Waals surface area contributed by atoms with Crippen LogP contribution in [0.3, 0.4) is 0 Å². The number of benzene rings is 1. The van der Waals surface area contributed by atoms with E-state index in [4.69, 9.17) is 11.6 Å². The molecule has 30 heavy (non-hydrogen) atoms. The van der Waals surface area contributed by atoms with E-state index in [2.05, 4.69) is 15.0 Å². The molecule has 0 aliphatic carbocycles. The number of aromatic nitrogens is 1. The molecule has 0 bridgehead atoms. The van der Waals surface area contributed by atoms with Crippen molar-refractivity contribution in [2.24, 2.45) is 0 Å². The molecule has 0 atom stereocenters. The van der Waals surface area contributed by atoms with Crippen molar-refractivity contribution >= 4 is 50.2 Å². The summed E-state index contributed by atoms with van der Waals surface area (Å²) in [6.45, 7) is 0. The summed E-state index contributed by atoms with van der Waals surface area (Å²) in [7, 11) is -3.55. The summed E-state index contributed by atoms with van der Waals surface area (Å²) in [4.78, 5) is 16.5. The zero-order valence-electron chi connectivity index (χ0n) is 15.1. The van der Waals surface area contributed by atoms with Gasteiger partial charge in [-0.3, -0.25) is 14.5 Å². The average Bonchev–Trinajstić information content (AvgIpc) is 3.09. The second-order valence-electron chi connectivity index (χ2n) is 6.15. The zero-order chi connectivity index (χ0) is 22.1. The number of nitrogens with zero attached hydrogens (tertiary/aromatic N) is 1. The van der Waals surface area contributed by atoms with Crippen LogP contribution in [0, 0.1) is 0 Å². The van der Waals surface area contributed by atoms with Gasteiger partial charge in [0.2, 0.25) is 10.0 Å². The number of rotatable bonds is 5. The Bertz CT molecular complexity index is 1210. The summed E-state index contributed by atoms with van der Waals surface area (Å²) in [5.74, 6) is -0.594. The molecule has 0 unspecified atom stereocenters. The Morgan fingerprint density at radius 3 is 2.53 bits per heavy atom. The lowest BCUT2D eigenvalue weighted by Crippen LogP contribution is -2.12. The number of anilines is 2. The maximum absolute atomic E-state index is 13.2. The van der Waals surface area contributed by atoms with E-state index in [1.807, 2.05) is 0 Å². The quantitative estimate of drug-likeness (QED) is 0.537. The first-order valence-electron chi connectivity index (χ1n) is 8.13. The Labute approximate surface area is 178 Å². The van der Waals surface area contributed by atoms with Crippen LogP contribution in [0.15, 0.2) is 48.0 Å². The van der Waals surface area contributed by atoms with Gasteiger partial charge in [-0.15, -0.1) is 11.3 Å². The molecule has 0 saturated heterocycles. The molecular formula is C18H13ClF3N3O3S2. The van der Waals surface area contributed by atoms with Gasteiger partial charge in [0.25, 0.3) is 5.91 Å². The third kappa shape index (κ3) is 5.49. The second-order valence-corrected chi connectivity index (χ2v) is 9.25. The van der Waals surface area contributed by atoms with Crippen molar-refractivity contribution in [3.63, 3.8) is 0 Å². The lowest BCUT2D eigenvalue weighted by atomic mass is 10.1. The number of nitrogens with one attached hydrogen (secondary N) is 2. The molecule has 0 radical (unpaired) electrons. The minimum absolute atomic E-state index is 0.140. The molecule has 2 heterocycles. The van der Waals surface area contributed by atoms with Crippen molar-refractivity contribution in [3.05, 3.63) is 63.4 Å². The van der Waals surface area contributed by atoms with Crippen LogP contribution in [0.2, 0.25) is 5.02 Å².